The molecule has 0 aromatic heterocycles. The van der Waals surface area contributed by atoms with Crippen LogP contribution in [0.2, 0.25) is 0 Å². The fourth-order valence-electron chi connectivity index (χ4n) is 1.91. The summed E-state index contributed by atoms with van der Waals surface area (Å²) in [6.07, 6.45) is 4.11. The van der Waals surface area contributed by atoms with Gasteiger partial charge in [-0.25, -0.2) is 0 Å². The molecule has 0 aliphatic heterocycles. The van der Waals surface area contributed by atoms with Gasteiger partial charge in [-0.15, -0.1) is 0 Å². The highest BCUT2D eigenvalue weighted by Gasteiger charge is 2.22. The van der Waals surface area contributed by atoms with Gasteiger partial charge in [-0.1, -0.05) is 54.9 Å². The molecule has 0 aliphatic rings. The van der Waals surface area contributed by atoms with Gasteiger partial charge in [0.25, 0.3) is 0 Å². The van der Waals surface area contributed by atoms with Crippen molar-refractivity contribution in [2.24, 2.45) is 23.2 Å². The van der Waals surface area contributed by atoms with Gasteiger partial charge >= 0.3 is 0 Å². The first-order valence-electron chi connectivity index (χ1n) is 6.27. The minimum Gasteiger partial charge on any atom is -0.0651 e. The molecule has 14 heavy (non-hydrogen) atoms. The Balaban J connectivity index is 3.88. The second-order valence-electron chi connectivity index (χ2n) is 6.36. The van der Waals surface area contributed by atoms with Crippen LogP contribution in [0.4, 0.5) is 0 Å². The predicted octanol–water partition coefficient (Wildman–Crippen LogP) is 5.13. The van der Waals surface area contributed by atoms with Gasteiger partial charge in [0.05, 0.1) is 0 Å². The normalized spacial score (nSPS) is 19.1. The summed E-state index contributed by atoms with van der Waals surface area (Å²) >= 11 is 0. The molecule has 0 aromatic rings. The van der Waals surface area contributed by atoms with Crippen molar-refractivity contribution in [2.75, 3.05) is 0 Å². The molecule has 0 bridgehead atoms. The minimum absolute atomic E-state index is 0.476. The van der Waals surface area contributed by atoms with Gasteiger partial charge in [-0.2, -0.15) is 0 Å². The lowest BCUT2D eigenvalue weighted by Crippen LogP contribution is -2.20. The van der Waals surface area contributed by atoms with E-state index in [0.29, 0.717) is 5.41 Å². The highest BCUT2D eigenvalue weighted by Crippen LogP contribution is 2.32. The SMILES string of the molecule is CCC(C)CC(C)CC(C)C(C)(C)C. The van der Waals surface area contributed by atoms with Crippen LogP contribution >= 0.6 is 0 Å². The second-order valence-corrected chi connectivity index (χ2v) is 6.36. The van der Waals surface area contributed by atoms with Crippen molar-refractivity contribution in [2.45, 2.75) is 67.7 Å². The van der Waals surface area contributed by atoms with Crippen molar-refractivity contribution in [1.29, 1.82) is 0 Å². The Morgan fingerprint density at radius 3 is 1.71 bits per heavy atom. The van der Waals surface area contributed by atoms with E-state index < -0.39 is 0 Å². The van der Waals surface area contributed by atoms with Crippen molar-refractivity contribution >= 4 is 0 Å². The first kappa shape index (κ1) is 14.0. The first-order valence-corrected chi connectivity index (χ1v) is 6.27. The van der Waals surface area contributed by atoms with Gasteiger partial charge in [0.15, 0.2) is 0 Å². The third-order valence-electron chi connectivity index (χ3n) is 3.74. The van der Waals surface area contributed by atoms with Gasteiger partial charge in [0, 0.05) is 0 Å². The maximum absolute atomic E-state index is 2.41. The molecule has 0 spiro atoms. The van der Waals surface area contributed by atoms with E-state index in [1.54, 1.807) is 0 Å². The Morgan fingerprint density at radius 2 is 1.36 bits per heavy atom. The zero-order valence-corrected chi connectivity index (χ0v) is 11.4. The van der Waals surface area contributed by atoms with Crippen molar-refractivity contribution in [3.8, 4) is 0 Å². The number of hydrogen-bond donors (Lipinski definition) is 0. The van der Waals surface area contributed by atoms with Gasteiger partial charge in [-0.3, -0.25) is 0 Å². The van der Waals surface area contributed by atoms with Gasteiger partial charge < -0.3 is 0 Å². The highest BCUT2D eigenvalue weighted by molar-refractivity contribution is 4.72. The van der Waals surface area contributed by atoms with Crippen LogP contribution < -0.4 is 0 Å². The van der Waals surface area contributed by atoms with Crippen LogP contribution in [-0.4, -0.2) is 0 Å². The van der Waals surface area contributed by atoms with Gasteiger partial charge in [0.1, 0.15) is 0 Å². The minimum atomic E-state index is 0.476. The van der Waals surface area contributed by atoms with Crippen LogP contribution in [0.1, 0.15) is 67.7 Å². The molecule has 0 radical (unpaired) electrons. The van der Waals surface area contributed by atoms with Crippen molar-refractivity contribution in [1.82, 2.24) is 0 Å². The van der Waals surface area contributed by atoms with Crippen LogP contribution in [0.3, 0.4) is 0 Å². The quantitative estimate of drug-likeness (QED) is 0.574. The largest absolute Gasteiger partial charge is 0.0651 e. The van der Waals surface area contributed by atoms with E-state index in [0.717, 1.165) is 17.8 Å². The molecular weight excluding hydrogens is 168 g/mol. The highest BCUT2D eigenvalue weighted by atomic mass is 14.3. The first-order chi connectivity index (χ1) is 6.27. The Bertz CT molecular complexity index is 141. The monoisotopic (exact) mass is 198 g/mol. The summed E-state index contributed by atoms with van der Waals surface area (Å²) < 4.78 is 0. The number of hydrogen-bond acceptors (Lipinski definition) is 0. The van der Waals surface area contributed by atoms with E-state index in [1.165, 1.54) is 19.3 Å². The molecular formula is C14H30. The molecule has 0 rings (SSSR count). The Kier molecular flexibility index (Phi) is 5.78. The van der Waals surface area contributed by atoms with E-state index in [4.69, 9.17) is 0 Å². The average molecular weight is 198 g/mol. The predicted molar refractivity (Wildman–Crippen MR) is 66.5 cm³/mol. The fraction of sp³-hybridized carbons (Fsp3) is 1.00. The molecule has 0 aromatic carbocycles. The van der Waals surface area contributed by atoms with Crippen LogP contribution in [-0.2, 0) is 0 Å². The average Bonchev–Trinajstić information content (AvgIpc) is 2.02. The summed E-state index contributed by atoms with van der Waals surface area (Å²) in [5.74, 6) is 2.62. The lowest BCUT2D eigenvalue weighted by molar-refractivity contribution is 0.206. The topological polar surface area (TPSA) is 0 Å². The summed E-state index contributed by atoms with van der Waals surface area (Å²) in [4.78, 5) is 0. The molecule has 0 saturated carbocycles. The molecule has 0 heterocycles. The van der Waals surface area contributed by atoms with Crippen molar-refractivity contribution < 1.29 is 0 Å². The standard InChI is InChI=1S/C14H30/c1-8-11(2)9-12(3)10-13(4)14(5,6)7/h11-13H,8-10H2,1-7H3. The molecule has 86 valence electrons. The van der Waals surface area contributed by atoms with Crippen LogP contribution in [0, 0.1) is 23.2 Å². The third kappa shape index (κ3) is 5.67. The Labute approximate surface area is 91.5 Å². The Morgan fingerprint density at radius 1 is 0.857 bits per heavy atom. The van der Waals surface area contributed by atoms with E-state index >= 15 is 0 Å². The Hall–Kier alpha value is 0. The summed E-state index contributed by atoms with van der Waals surface area (Å²) in [7, 11) is 0. The summed E-state index contributed by atoms with van der Waals surface area (Å²) in [5, 5.41) is 0. The molecule has 0 aliphatic carbocycles. The zero-order chi connectivity index (χ0) is 11.4. The van der Waals surface area contributed by atoms with E-state index in [2.05, 4.69) is 48.5 Å². The molecule has 0 nitrogen and oxygen atoms in total. The zero-order valence-electron chi connectivity index (χ0n) is 11.4. The van der Waals surface area contributed by atoms with Crippen LogP contribution in [0.5, 0.6) is 0 Å². The smallest absolute Gasteiger partial charge is 0.0357 e. The maximum Gasteiger partial charge on any atom is -0.0357 e. The third-order valence-corrected chi connectivity index (χ3v) is 3.74. The van der Waals surface area contributed by atoms with E-state index in [1.807, 2.05) is 0 Å². The lowest BCUT2D eigenvalue weighted by atomic mass is 9.76. The number of rotatable bonds is 5. The van der Waals surface area contributed by atoms with Gasteiger partial charge in [-0.05, 0) is 36.0 Å². The second kappa shape index (κ2) is 5.78. The molecule has 0 N–H and O–H groups in total. The maximum atomic E-state index is 2.41. The summed E-state index contributed by atoms with van der Waals surface area (Å²) in [6, 6.07) is 0. The summed E-state index contributed by atoms with van der Waals surface area (Å²) in [6.45, 7) is 16.5. The molecule has 3 unspecified atom stereocenters. The van der Waals surface area contributed by atoms with Crippen LogP contribution in [0.25, 0.3) is 0 Å². The fourth-order valence-corrected chi connectivity index (χ4v) is 1.91. The lowest BCUT2D eigenvalue weighted by Gasteiger charge is -2.30. The molecule has 0 amide bonds. The van der Waals surface area contributed by atoms with Crippen molar-refractivity contribution in [3.63, 3.8) is 0 Å². The summed E-state index contributed by atoms with van der Waals surface area (Å²) in [5.41, 5.74) is 0.476. The van der Waals surface area contributed by atoms with E-state index in [9.17, 15) is 0 Å². The van der Waals surface area contributed by atoms with Crippen molar-refractivity contribution in [3.05, 3.63) is 0 Å². The van der Waals surface area contributed by atoms with Gasteiger partial charge in [0.2, 0.25) is 0 Å². The molecule has 0 fully saturated rings. The molecule has 0 heteroatoms. The molecule has 3 atom stereocenters. The molecule has 0 saturated heterocycles. The van der Waals surface area contributed by atoms with E-state index in [-0.39, 0.29) is 0 Å². The van der Waals surface area contributed by atoms with Crippen LogP contribution in [0.15, 0.2) is 0 Å².